The van der Waals surface area contributed by atoms with E-state index in [4.69, 9.17) is 5.73 Å². The van der Waals surface area contributed by atoms with Gasteiger partial charge in [0.15, 0.2) is 0 Å². The average Bonchev–Trinajstić information content (AvgIpc) is 2.48. The third-order valence-electron chi connectivity index (χ3n) is 3.98. The number of anilines is 1. The summed E-state index contributed by atoms with van der Waals surface area (Å²) in [6.45, 7) is 6.11. The fraction of sp³-hybridized carbons (Fsp3) is 0.625. The van der Waals surface area contributed by atoms with E-state index in [1.807, 2.05) is 12.3 Å². The van der Waals surface area contributed by atoms with Crippen molar-refractivity contribution >= 4 is 11.7 Å². The summed E-state index contributed by atoms with van der Waals surface area (Å²) in [6, 6.07) is 4.19. The molecule has 1 aromatic rings. The van der Waals surface area contributed by atoms with E-state index in [0.29, 0.717) is 12.3 Å². The number of rotatable bonds is 7. The highest BCUT2D eigenvalue weighted by Crippen LogP contribution is 2.21. The summed E-state index contributed by atoms with van der Waals surface area (Å²) in [4.78, 5) is 17.8. The van der Waals surface area contributed by atoms with Gasteiger partial charge in [-0.1, -0.05) is 13.0 Å². The maximum absolute atomic E-state index is 10.9. The Morgan fingerprint density at radius 2 is 2.19 bits per heavy atom. The molecule has 0 aliphatic carbocycles. The Labute approximate surface area is 126 Å². The van der Waals surface area contributed by atoms with Gasteiger partial charge in [-0.15, -0.1) is 0 Å². The minimum atomic E-state index is -0.173. The molecule has 0 bridgehead atoms. The van der Waals surface area contributed by atoms with Crippen LogP contribution in [0, 0.1) is 5.92 Å². The summed E-state index contributed by atoms with van der Waals surface area (Å²) in [5.74, 6) is 1.24. The van der Waals surface area contributed by atoms with Crippen molar-refractivity contribution in [3.8, 4) is 0 Å². The van der Waals surface area contributed by atoms with Crippen LogP contribution in [0.15, 0.2) is 18.3 Å². The quantitative estimate of drug-likeness (QED) is 0.805. The summed E-state index contributed by atoms with van der Waals surface area (Å²) in [6.07, 6.45) is 5.71. The number of primary amides is 1. The van der Waals surface area contributed by atoms with Gasteiger partial charge in [-0.25, -0.2) is 4.98 Å². The molecule has 1 aliphatic rings. The number of hydrogen-bond donors (Lipinski definition) is 2. The van der Waals surface area contributed by atoms with Gasteiger partial charge in [-0.3, -0.25) is 9.69 Å². The lowest BCUT2D eigenvalue weighted by atomic mass is 9.93. The average molecular weight is 290 g/mol. The van der Waals surface area contributed by atoms with Gasteiger partial charge in [-0.2, -0.15) is 0 Å². The molecule has 1 saturated heterocycles. The number of nitrogens with one attached hydrogen (secondary N) is 1. The topological polar surface area (TPSA) is 71.2 Å². The molecule has 0 atom stereocenters. The molecule has 1 aliphatic heterocycles. The fourth-order valence-corrected chi connectivity index (χ4v) is 2.77. The normalized spacial score (nSPS) is 16.8. The van der Waals surface area contributed by atoms with Crippen LogP contribution in [0.5, 0.6) is 0 Å². The number of aromatic nitrogens is 1. The number of piperidine rings is 1. The Bertz CT molecular complexity index is 438. The Kier molecular flexibility index (Phi) is 5.99. The van der Waals surface area contributed by atoms with Crippen LogP contribution in [0.25, 0.3) is 0 Å². The maximum atomic E-state index is 10.9. The van der Waals surface area contributed by atoms with Crippen molar-refractivity contribution < 1.29 is 4.79 Å². The molecule has 21 heavy (non-hydrogen) atoms. The van der Waals surface area contributed by atoms with Gasteiger partial charge < -0.3 is 11.1 Å². The third-order valence-corrected chi connectivity index (χ3v) is 3.98. The molecule has 2 rings (SSSR count). The molecule has 2 heterocycles. The van der Waals surface area contributed by atoms with E-state index in [-0.39, 0.29) is 5.91 Å². The van der Waals surface area contributed by atoms with Crippen LogP contribution in [0.1, 0.15) is 38.2 Å². The molecule has 116 valence electrons. The molecular formula is C16H26N4O. The summed E-state index contributed by atoms with van der Waals surface area (Å²) in [7, 11) is 0. The smallest absolute Gasteiger partial charge is 0.217 e. The van der Waals surface area contributed by atoms with E-state index in [2.05, 4.69) is 28.2 Å². The zero-order valence-electron chi connectivity index (χ0n) is 12.8. The van der Waals surface area contributed by atoms with E-state index < -0.39 is 0 Å². The van der Waals surface area contributed by atoms with E-state index in [1.54, 1.807) is 0 Å². The molecule has 5 nitrogen and oxygen atoms in total. The van der Waals surface area contributed by atoms with Crippen molar-refractivity contribution in [1.82, 2.24) is 9.88 Å². The van der Waals surface area contributed by atoms with Gasteiger partial charge in [-0.05, 0) is 49.9 Å². The first-order chi connectivity index (χ1) is 10.2. The van der Waals surface area contributed by atoms with E-state index in [0.717, 1.165) is 51.3 Å². The van der Waals surface area contributed by atoms with Crippen molar-refractivity contribution in [2.75, 3.05) is 25.0 Å². The lowest BCUT2D eigenvalue weighted by Crippen LogP contribution is -2.34. The van der Waals surface area contributed by atoms with Crippen LogP contribution in [-0.2, 0) is 11.3 Å². The first-order valence-corrected chi connectivity index (χ1v) is 7.87. The number of likely N-dealkylation sites (tertiary alicyclic amines) is 1. The standard InChI is InChI=1S/C16H26N4O/c1-2-7-18-16-4-3-14(11-19-16)12-20-8-5-13(6-9-20)10-15(17)21/h3-4,11,13H,2,5-10,12H2,1H3,(H2,17,21)(H,18,19). The zero-order valence-corrected chi connectivity index (χ0v) is 12.8. The number of nitrogens with zero attached hydrogens (tertiary/aromatic N) is 2. The molecule has 5 heteroatoms. The van der Waals surface area contributed by atoms with Gasteiger partial charge in [0.25, 0.3) is 0 Å². The minimum absolute atomic E-state index is 0.173. The second kappa shape index (κ2) is 7.98. The van der Waals surface area contributed by atoms with Gasteiger partial charge in [0.05, 0.1) is 0 Å². The molecule has 0 unspecified atom stereocenters. The highest BCUT2D eigenvalue weighted by molar-refractivity contribution is 5.73. The molecule has 0 spiro atoms. The third kappa shape index (κ3) is 5.34. The van der Waals surface area contributed by atoms with Crippen molar-refractivity contribution in [3.05, 3.63) is 23.9 Å². The van der Waals surface area contributed by atoms with Crippen molar-refractivity contribution in [3.63, 3.8) is 0 Å². The lowest BCUT2D eigenvalue weighted by Gasteiger charge is -2.31. The first-order valence-electron chi connectivity index (χ1n) is 7.87. The van der Waals surface area contributed by atoms with Crippen LogP contribution >= 0.6 is 0 Å². The SMILES string of the molecule is CCCNc1ccc(CN2CCC(CC(N)=O)CC2)cn1. The zero-order chi connectivity index (χ0) is 15.1. The first kappa shape index (κ1) is 15.8. The predicted molar refractivity (Wildman–Crippen MR) is 84.8 cm³/mol. The lowest BCUT2D eigenvalue weighted by molar-refractivity contribution is -0.119. The molecule has 1 fully saturated rings. The van der Waals surface area contributed by atoms with E-state index >= 15 is 0 Å². The summed E-state index contributed by atoms with van der Waals surface area (Å²) < 4.78 is 0. The van der Waals surface area contributed by atoms with Gasteiger partial charge in [0.1, 0.15) is 5.82 Å². The molecule has 0 radical (unpaired) electrons. The van der Waals surface area contributed by atoms with Crippen molar-refractivity contribution in [2.45, 2.75) is 39.2 Å². The number of carbonyl (C=O) groups is 1. The second-order valence-corrected chi connectivity index (χ2v) is 5.87. The monoisotopic (exact) mass is 290 g/mol. The highest BCUT2D eigenvalue weighted by Gasteiger charge is 2.20. The van der Waals surface area contributed by atoms with Crippen LogP contribution in [0.4, 0.5) is 5.82 Å². The molecule has 0 saturated carbocycles. The van der Waals surface area contributed by atoms with Crippen molar-refractivity contribution in [2.24, 2.45) is 11.7 Å². The largest absolute Gasteiger partial charge is 0.370 e. The Morgan fingerprint density at radius 3 is 2.76 bits per heavy atom. The minimum Gasteiger partial charge on any atom is -0.370 e. The molecule has 3 N–H and O–H groups in total. The molecule has 1 aromatic heterocycles. The Balaban J connectivity index is 1.76. The summed E-state index contributed by atoms with van der Waals surface area (Å²) in [5, 5.41) is 3.28. The molecule has 1 amide bonds. The van der Waals surface area contributed by atoms with Gasteiger partial charge in [0, 0.05) is 25.7 Å². The maximum Gasteiger partial charge on any atom is 0.217 e. The fourth-order valence-electron chi connectivity index (χ4n) is 2.77. The highest BCUT2D eigenvalue weighted by atomic mass is 16.1. The number of nitrogens with two attached hydrogens (primary N) is 1. The van der Waals surface area contributed by atoms with Crippen LogP contribution in [0.2, 0.25) is 0 Å². The number of carbonyl (C=O) groups excluding carboxylic acids is 1. The van der Waals surface area contributed by atoms with Crippen LogP contribution in [0.3, 0.4) is 0 Å². The van der Waals surface area contributed by atoms with Gasteiger partial charge >= 0.3 is 0 Å². The molecular weight excluding hydrogens is 264 g/mol. The Morgan fingerprint density at radius 1 is 1.43 bits per heavy atom. The van der Waals surface area contributed by atoms with E-state index in [1.165, 1.54) is 5.56 Å². The summed E-state index contributed by atoms with van der Waals surface area (Å²) in [5.41, 5.74) is 6.50. The molecule has 0 aromatic carbocycles. The van der Waals surface area contributed by atoms with Crippen LogP contribution in [-0.4, -0.2) is 35.4 Å². The van der Waals surface area contributed by atoms with E-state index in [9.17, 15) is 4.79 Å². The van der Waals surface area contributed by atoms with Crippen LogP contribution < -0.4 is 11.1 Å². The summed E-state index contributed by atoms with van der Waals surface area (Å²) >= 11 is 0. The number of hydrogen-bond acceptors (Lipinski definition) is 4. The Hall–Kier alpha value is -1.62. The number of amides is 1. The van der Waals surface area contributed by atoms with Gasteiger partial charge in [0.2, 0.25) is 5.91 Å². The number of pyridine rings is 1. The van der Waals surface area contributed by atoms with Crippen molar-refractivity contribution in [1.29, 1.82) is 0 Å². The predicted octanol–water partition coefficient (Wildman–Crippen LogP) is 1.99. The second-order valence-electron chi connectivity index (χ2n) is 5.87.